The van der Waals surface area contributed by atoms with E-state index in [0.29, 0.717) is 6.61 Å². The summed E-state index contributed by atoms with van der Waals surface area (Å²) in [7, 11) is 1.32. The summed E-state index contributed by atoms with van der Waals surface area (Å²) in [6, 6.07) is 9.91. The monoisotopic (exact) mass is 218 g/mol. The summed E-state index contributed by atoms with van der Waals surface area (Å²) in [6.07, 6.45) is 6.38. The van der Waals surface area contributed by atoms with Gasteiger partial charge in [-0.05, 0) is 11.6 Å². The predicted octanol–water partition coefficient (Wildman–Crippen LogP) is 2.40. The molecule has 3 heteroatoms. The lowest BCUT2D eigenvalue weighted by Gasteiger charge is -1.94. The highest BCUT2D eigenvalue weighted by atomic mass is 16.5. The number of carbonyl (C=O) groups is 1. The summed E-state index contributed by atoms with van der Waals surface area (Å²) in [4.78, 5) is 10.7. The van der Waals surface area contributed by atoms with Crippen LogP contribution in [0, 0.1) is 0 Å². The summed E-state index contributed by atoms with van der Waals surface area (Å²) in [5.74, 6) is -0.424. The average Bonchev–Trinajstić information content (AvgIpc) is 2.34. The van der Waals surface area contributed by atoms with Crippen LogP contribution in [0.1, 0.15) is 5.56 Å². The number of rotatable bonds is 5. The Bertz CT molecular complexity index is 366. The van der Waals surface area contributed by atoms with Crippen molar-refractivity contribution in [3.8, 4) is 0 Å². The topological polar surface area (TPSA) is 35.5 Å². The summed E-state index contributed by atoms with van der Waals surface area (Å²) < 4.78 is 9.46. The summed E-state index contributed by atoms with van der Waals surface area (Å²) in [5, 5.41) is 0. The van der Waals surface area contributed by atoms with Gasteiger partial charge in [-0.2, -0.15) is 0 Å². The lowest BCUT2D eigenvalue weighted by Crippen LogP contribution is -1.94. The molecule has 0 N–H and O–H groups in total. The van der Waals surface area contributed by atoms with Crippen LogP contribution in [0.25, 0.3) is 6.08 Å². The predicted molar refractivity (Wildman–Crippen MR) is 62.6 cm³/mol. The van der Waals surface area contributed by atoms with Crippen molar-refractivity contribution in [3.05, 3.63) is 54.3 Å². The maximum atomic E-state index is 10.7. The third-order valence-corrected chi connectivity index (χ3v) is 1.80. The first-order valence-corrected chi connectivity index (χ1v) is 4.90. The molecule has 84 valence electrons. The van der Waals surface area contributed by atoms with Gasteiger partial charge in [0.2, 0.25) is 0 Å². The summed E-state index contributed by atoms with van der Waals surface area (Å²) >= 11 is 0. The molecule has 0 radical (unpaired) electrons. The lowest BCUT2D eigenvalue weighted by atomic mass is 10.2. The number of esters is 1. The van der Waals surface area contributed by atoms with Gasteiger partial charge in [-0.15, -0.1) is 0 Å². The molecule has 0 bridgehead atoms. The molecule has 0 heterocycles. The second-order valence-corrected chi connectivity index (χ2v) is 2.97. The van der Waals surface area contributed by atoms with Crippen LogP contribution in [-0.4, -0.2) is 19.7 Å². The second-order valence-electron chi connectivity index (χ2n) is 2.97. The van der Waals surface area contributed by atoms with Crippen LogP contribution >= 0.6 is 0 Å². The third-order valence-electron chi connectivity index (χ3n) is 1.80. The Kier molecular flexibility index (Phi) is 5.48. The van der Waals surface area contributed by atoms with E-state index < -0.39 is 5.97 Å². The van der Waals surface area contributed by atoms with E-state index in [1.807, 2.05) is 42.5 Å². The number of carbonyl (C=O) groups excluding carboxylic acids is 1. The van der Waals surface area contributed by atoms with Gasteiger partial charge in [0.25, 0.3) is 0 Å². The van der Waals surface area contributed by atoms with Crippen molar-refractivity contribution >= 4 is 12.0 Å². The maximum absolute atomic E-state index is 10.7. The van der Waals surface area contributed by atoms with Crippen molar-refractivity contribution in [1.82, 2.24) is 0 Å². The number of methoxy groups -OCH3 is 1. The molecule has 3 nitrogen and oxygen atoms in total. The largest absolute Gasteiger partial charge is 0.497 e. The molecule has 0 unspecified atom stereocenters. The summed E-state index contributed by atoms with van der Waals surface area (Å²) in [6.45, 7) is 0.419. The number of ether oxygens (including phenoxy) is 2. The average molecular weight is 218 g/mol. The fourth-order valence-corrected chi connectivity index (χ4v) is 1.03. The van der Waals surface area contributed by atoms with Crippen molar-refractivity contribution in [1.29, 1.82) is 0 Å². The Labute approximate surface area is 95.0 Å². The third kappa shape index (κ3) is 5.00. The van der Waals surface area contributed by atoms with Crippen LogP contribution < -0.4 is 0 Å². The number of hydrogen-bond donors (Lipinski definition) is 0. The van der Waals surface area contributed by atoms with Crippen LogP contribution in [-0.2, 0) is 14.3 Å². The highest BCUT2D eigenvalue weighted by Gasteiger charge is 1.88. The van der Waals surface area contributed by atoms with E-state index in [2.05, 4.69) is 4.74 Å². The van der Waals surface area contributed by atoms with Crippen molar-refractivity contribution in [3.63, 3.8) is 0 Å². The molecular formula is C13H14O3. The van der Waals surface area contributed by atoms with Gasteiger partial charge in [-0.1, -0.05) is 36.4 Å². The van der Waals surface area contributed by atoms with Gasteiger partial charge in [-0.25, -0.2) is 4.79 Å². The maximum Gasteiger partial charge on any atom is 0.333 e. The Hall–Kier alpha value is -2.03. The molecule has 16 heavy (non-hydrogen) atoms. The van der Waals surface area contributed by atoms with Gasteiger partial charge in [0.15, 0.2) is 0 Å². The Balaban J connectivity index is 2.23. The van der Waals surface area contributed by atoms with Gasteiger partial charge in [0, 0.05) is 0 Å². The number of benzene rings is 1. The lowest BCUT2D eigenvalue weighted by molar-refractivity contribution is -0.134. The second kappa shape index (κ2) is 7.29. The normalized spacial score (nSPS) is 10.8. The van der Waals surface area contributed by atoms with Gasteiger partial charge in [0.1, 0.15) is 6.61 Å². The first-order valence-electron chi connectivity index (χ1n) is 4.90. The minimum atomic E-state index is -0.424. The minimum Gasteiger partial charge on any atom is -0.497 e. The van der Waals surface area contributed by atoms with Crippen molar-refractivity contribution in [2.45, 2.75) is 0 Å². The smallest absolute Gasteiger partial charge is 0.333 e. The van der Waals surface area contributed by atoms with Crippen molar-refractivity contribution < 1.29 is 14.3 Å². The molecule has 0 saturated heterocycles. The zero-order valence-corrected chi connectivity index (χ0v) is 9.13. The standard InChI is InChI=1S/C13H14O3/c1-15-13(14)9-11-16-10-5-8-12-6-3-2-4-7-12/h2-9,11H,10H2,1H3/b8-5+,11-9+. The molecule has 0 aliphatic carbocycles. The fraction of sp³-hybridized carbons (Fsp3) is 0.154. The molecule has 1 rings (SSSR count). The molecular weight excluding hydrogens is 204 g/mol. The molecule has 0 atom stereocenters. The Morgan fingerprint density at radius 3 is 2.75 bits per heavy atom. The molecule has 0 aromatic heterocycles. The first kappa shape index (κ1) is 12.0. The van der Waals surface area contributed by atoms with Crippen molar-refractivity contribution in [2.75, 3.05) is 13.7 Å². The SMILES string of the molecule is COC(=O)/C=C/OC/C=C/c1ccccc1. The van der Waals surface area contributed by atoms with E-state index in [-0.39, 0.29) is 0 Å². The van der Waals surface area contributed by atoms with Crippen LogP contribution in [0.5, 0.6) is 0 Å². The van der Waals surface area contributed by atoms with Gasteiger partial charge in [0.05, 0.1) is 19.4 Å². The minimum absolute atomic E-state index is 0.419. The van der Waals surface area contributed by atoms with Gasteiger partial charge >= 0.3 is 5.97 Å². The number of hydrogen-bond acceptors (Lipinski definition) is 3. The van der Waals surface area contributed by atoms with Crippen LogP contribution in [0.3, 0.4) is 0 Å². The van der Waals surface area contributed by atoms with Crippen LogP contribution in [0.2, 0.25) is 0 Å². The van der Waals surface area contributed by atoms with E-state index in [1.165, 1.54) is 19.4 Å². The highest BCUT2D eigenvalue weighted by molar-refractivity contribution is 5.81. The Morgan fingerprint density at radius 2 is 2.06 bits per heavy atom. The van der Waals surface area contributed by atoms with E-state index in [0.717, 1.165) is 5.56 Å². The quantitative estimate of drug-likeness (QED) is 0.329. The summed E-state index contributed by atoms with van der Waals surface area (Å²) in [5.41, 5.74) is 1.11. The van der Waals surface area contributed by atoms with E-state index >= 15 is 0 Å². The van der Waals surface area contributed by atoms with Crippen molar-refractivity contribution in [2.24, 2.45) is 0 Å². The highest BCUT2D eigenvalue weighted by Crippen LogP contribution is 2.00. The van der Waals surface area contributed by atoms with E-state index in [1.54, 1.807) is 0 Å². The Morgan fingerprint density at radius 1 is 1.31 bits per heavy atom. The van der Waals surface area contributed by atoms with Crippen LogP contribution in [0.15, 0.2) is 48.7 Å². The van der Waals surface area contributed by atoms with Gasteiger partial charge < -0.3 is 9.47 Å². The fourth-order valence-electron chi connectivity index (χ4n) is 1.03. The van der Waals surface area contributed by atoms with E-state index in [9.17, 15) is 4.79 Å². The molecule has 0 saturated carbocycles. The zero-order chi connectivity index (χ0) is 11.6. The zero-order valence-electron chi connectivity index (χ0n) is 9.13. The molecule has 0 fully saturated rings. The molecule has 0 aliphatic rings. The van der Waals surface area contributed by atoms with Gasteiger partial charge in [-0.3, -0.25) is 0 Å². The molecule has 0 aliphatic heterocycles. The first-order chi connectivity index (χ1) is 7.83. The van der Waals surface area contributed by atoms with Crippen LogP contribution in [0.4, 0.5) is 0 Å². The molecule has 0 amide bonds. The molecule has 1 aromatic rings. The van der Waals surface area contributed by atoms with E-state index in [4.69, 9.17) is 4.74 Å². The molecule has 0 spiro atoms. The molecule has 1 aromatic carbocycles.